The molecule has 1 aliphatic carbocycles. The minimum Gasteiger partial charge on any atom is -0.368 e. The van der Waals surface area contributed by atoms with E-state index in [9.17, 15) is 18.0 Å². The molecule has 0 bridgehead atoms. The maximum absolute atomic E-state index is 13.5. The monoisotopic (exact) mass is 428 g/mol. The number of nitrogens with zero attached hydrogens (tertiary/aromatic N) is 3. The highest BCUT2D eigenvalue weighted by Crippen LogP contribution is 2.40. The molecule has 162 valence electrons. The number of amides is 1. The number of halogens is 3. The van der Waals surface area contributed by atoms with Crippen molar-refractivity contribution in [3.63, 3.8) is 0 Å². The number of anilines is 1. The van der Waals surface area contributed by atoms with Gasteiger partial charge in [0.15, 0.2) is 0 Å². The highest BCUT2D eigenvalue weighted by molar-refractivity contribution is 5.79. The quantitative estimate of drug-likeness (QED) is 0.664. The first-order valence-corrected chi connectivity index (χ1v) is 10.5. The fourth-order valence-electron chi connectivity index (χ4n) is 4.30. The first-order valence-electron chi connectivity index (χ1n) is 10.5. The molecule has 31 heavy (non-hydrogen) atoms. The van der Waals surface area contributed by atoms with Crippen molar-refractivity contribution >= 4 is 17.2 Å². The van der Waals surface area contributed by atoms with Crippen molar-refractivity contribution in [1.29, 1.82) is 0 Å². The van der Waals surface area contributed by atoms with Crippen molar-refractivity contribution in [1.82, 2.24) is 14.7 Å². The van der Waals surface area contributed by atoms with E-state index in [2.05, 4.69) is 22.4 Å². The van der Waals surface area contributed by atoms with E-state index in [1.165, 1.54) is 35.2 Å². The molecule has 1 N–H and O–H groups in total. The molecule has 1 amide bonds. The number of carbonyl (C=O) groups is 1. The first kappa shape index (κ1) is 19.9. The molecule has 2 fully saturated rings. The molecular formula is C23H23F3N4O. The van der Waals surface area contributed by atoms with Crippen LogP contribution in [-0.4, -0.2) is 34.4 Å². The number of rotatable bonds is 5. The van der Waals surface area contributed by atoms with Gasteiger partial charge in [0.25, 0.3) is 0 Å². The van der Waals surface area contributed by atoms with Crippen LogP contribution in [-0.2, 0) is 17.4 Å². The summed E-state index contributed by atoms with van der Waals surface area (Å²) in [5.74, 6) is 0.624. The van der Waals surface area contributed by atoms with Gasteiger partial charge in [-0.3, -0.25) is 4.79 Å². The Morgan fingerprint density at radius 2 is 1.94 bits per heavy atom. The fraction of sp³-hybridized carbons (Fsp3) is 0.391. The zero-order valence-corrected chi connectivity index (χ0v) is 16.9. The van der Waals surface area contributed by atoms with Crippen LogP contribution in [0.25, 0.3) is 5.65 Å². The van der Waals surface area contributed by atoms with Crippen molar-refractivity contribution < 1.29 is 18.0 Å². The van der Waals surface area contributed by atoms with Gasteiger partial charge in [0.05, 0.1) is 12.1 Å². The van der Waals surface area contributed by atoms with Gasteiger partial charge in [0.2, 0.25) is 5.91 Å². The molecule has 5 rings (SSSR count). The highest BCUT2D eigenvalue weighted by Gasteiger charge is 2.35. The third kappa shape index (κ3) is 4.24. The van der Waals surface area contributed by atoms with Crippen molar-refractivity contribution in [2.45, 2.75) is 43.8 Å². The van der Waals surface area contributed by atoms with Gasteiger partial charge in [-0.2, -0.15) is 13.2 Å². The lowest BCUT2D eigenvalue weighted by atomic mass is 10.1. The molecule has 1 unspecified atom stereocenters. The van der Waals surface area contributed by atoms with E-state index < -0.39 is 11.7 Å². The number of aromatic nitrogens is 2. The Morgan fingerprint density at radius 1 is 1.16 bits per heavy atom. The summed E-state index contributed by atoms with van der Waals surface area (Å²) in [7, 11) is 0. The van der Waals surface area contributed by atoms with Crippen LogP contribution >= 0.6 is 0 Å². The van der Waals surface area contributed by atoms with Gasteiger partial charge in [-0.25, -0.2) is 4.98 Å². The van der Waals surface area contributed by atoms with Gasteiger partial charge in [-0.1, -0.05) is 24.3 Å². The summed E-state index contributed by atoms with van der Waals surface area (Å²) in [5, 5.41) is 3.03. The number of nitrogens with one attached hydrogen (secondary N) is 1. The van der Waals surface area contributed by atoms with Gasteiger partial charge in [0, 0.05) is 37.7 Å². The molecule has 2 aromatic heterocycles. The fourth-order valence-corrected chi connectivity index (χ4v) is 4.30. The number of alkyl halides is 3. The zero-order valence-electron chi connectivity index (χ0n) is 16.9. The molecule has 5 nitrogen and oxygen atoms in total. The number of carbonyl (C=O) groups excluding carboxylic acids is 1. The Hall–Kier alpha value is -3.03. The average Bonchev–Trinajstić information content (AvgIpc) is 3.28. The normalized spacial score (nSPS) is 19.2. The second-order valence-electron chi connectivity index (χ2n) is 8.46. The predicted molar refractivity (Wildman–Crippen MR) is 111 cm³/mol. The lowest BCUT2D eigenvalue weighted by Gasteiger charge is -2.21. The summed E-state index contributed by atoms with van der Waals surface area (Å²) >= 11 is 0. The maximum Gasteiger partial charge on any atom is 0.420 e. The zero-order chi connectivity index (χ0) is 21.6. The number of imidazole rings is 1. The SMILES string of the molecule is O=C(Cc1ccc(C2CC2)cc1)NC1CCN(c2cc(C(F)(F)F)c3nccn3c2)C1. The van der Waals surface area contributed by atoms with Gasteiger partial charge in [0.1, 0.15) is 11.2 Å². The number of fused-ring (bicyclic) bond motifs is 1. The number of benzene rings is 1. The van der Waals surface area contributed by atoms with Crippen molar-refractivity contribution in [2.75, 3.05) is 18.0 Å². The van der Waals surface area contributed by atoms with Gasteiger partial charge in [-0.15, -0.1) is 0 Å². The molecular weight excluding hydrogens is 405 g/mol. The standard InChI is InChI=1S/C23H23F3N4O/c24-23(25,26)20-12-19(14-30-10-8-27-22(20)30)29-9-7-18(13-29)28-21(31)11-15-1-3-16(4-2-15)17-5-6-17/h1-4,8,10,12,14,17-18H,5-7,9,11,13H2,(H,28,31). The number of hydrogen-bond acceptors (Lipinski definition) is 3. The predicted octanol–water partition coefficient (Wildman–Crippen LogP) is 4.17. The van der Waals surface area contributed by atoms with Crippen LogP contribution in [0.2, 0.25) is 0 Å². The second-order valence-corrected chi connectivity index (χ2v) is 8.46. The number of pyridine rings is 1. The molecule has 3 aromatic rings. The minimum atomic E-state index is -4.48. The molecule has 0 radical (unpaired) electrons. The van der Waals surface area contributed by atoms with Crippen LogP contribution in [0.3, 0.4) is 0 Å². The van der Waals surface area contributed by atoms with Gasteiger partial charge in [-0.05, 0) is 42.4 Å². The molecule has 8 heteroatoms. The molecule has 1 aromatic carbocycles. The molecule has 1 aliphatic heterocycles. The third-order valence-electron chi connectivity index (χ3n) is 6.09. The smallest absolute Gasteiger partial charge is 0.368 e. The molecule has 0 spiro atoms. The Morgan fingerprint density at radius 3 is 2.65 bits per heavy atom. The Bertz CT molecular complexity index is 1100. The van der Waals surface area contributed by atoms with Crippen molar-refractivity contribution in [2.24, 2.45) is 0 Å². The lowest BCUT2D eigenvalue weighted by molar-refractivity contribution is -0.136. The third-order valence-corrected chi connectivity index (χ3v) is 6.09. The Labute approximate surface area is 177 Å². The second kappa shape index (κ2) is 7.59. The van der Waals surface area contributed by atoms with Gasteiger partial charge < -0.3 is 14.6 Å². The average molecular weight is 428 g/mol. The highest BCUT2D eigenvalue weighted by atomic mass is 19.4. The molecule has 2 aliphatic rings. The number of hydrogen-bond donors (Lipinski definition) is 1. The van der Waals surface area contributed by atoms with E-state index in [1.54, 1.807) is 6.20 Å². The van der Waals surface area contributed by atoms with Crippen LogP contribution in [0.15, 0.2) is 48.9 Å². The summed E-state index contributed by atoms with van der Waals surface area (Å²) in [4.78, 5) is 18.2. The summed E-state index contributed by atoms with van der Waals surface area (Å²) in [5.41, 5.74) is 1.93. The van der Waals surface area contributed by atoms with E-state index >= 15 is 0 Å². The van der Waals surface area contributed by atoms with E-state index in [4.69, 9.17) is 0 Å². The topological polar surface area (TPSA) is 49.6 Å². The molecule has 1 atom stereocenters. The van der Waals surface area contributed by atoms with Crippen LogP contribution in [0.4, 0.5) is 18.9 Å². The lowest BCUT2D eigenvalue weighted by Crippen LogP contribution is -2.38. The van der Waals surface area contributed by atoms with Crippen LogP contribution in [0.1, 0.15) is 41.9 Å². The molecule has 1 saturated heterocycles. The first-order chi connectivity index (χ1) is 14.9. The van der Waals surface area contributed by atoms with Crippen molar-refractivity contribution in [3.05, 3.63) is 65.6 Å². The van der Waals surface area contributed by atoms with Crippen LogP contribution in [0.5, 0.6) is 0 Å². The van der Waals surface area contributed by atoms with Crippen LogP contribution < -0.4 is 10.2 Å². The molecule has 1 saturated carbocycles. The molecule has 3 heterocycles. The Kier molecular flexibility index (Phi) is 4.87. The van der Waals surface area contributed by atoms with Crippen LogP contribution in [0, 0.1) is 0 Å². The summed E-state index contributed by atoms with van der Waals surface area (Å²) in [6.07, 6.45) is 3.54. The maximum atomic E-state index is 13.5. The van der Waals surface area contributed by atoms with E-state index in [-0.39, 0.29) is 17.6 Å². The Balaban J connectivity index is 1.23. The summed E-state index contributed by atoms with van der Waals surface area (Å²) < 4.78 is 41.8. The van der Waals surface area contributed by atoms with E-state index in [0.717, 1.165) is 11.6 Å². The van der Waals surface area contributed by atoms with Crippen molar-refractivity contribution in [3.8, 4) is 0 Å². The van der Waals surface area contributed by atoms with E-state index in [0.29, 0.717) is 37.5 Å². The largest absolute Gasteiger partial charge is 0.420 e. The summed E-state index contributed by atoms with van der Waals surface area (Å²) in [6.45, 7) is 1.06. The van der Waals surface area contributed by atoms with Gasteiger partial charge >= 0.3 is 6.18 Å². The van der Waals surface area contributed by atoms with E-state index in [1.807, 2.05) is 17.0 Å². The summed E-state index contributed by atoms with van der Waals surface area (Å²) in [6, 6.07) is 9.27. The minimum absolute atomic E-state index is 0.0629.